The Morgan fingerprint density at radius 2 is 1.97 bits per heavy atom. The molecule has 1 atom stereocenters. The number of aromatic nitrogens is 3. The van der Waals surface area contributed by atoms with E-state index >= 15 is 0 Å². The second-order valence-electron chi connectivity index (χ2n) is 8.40. The number of halogens is 3. The van der Waals surface area contributed by atoms with E-state index in [0.29, 0.717) is 13.1 Å². The predicted octanol–water partition coefficient (Wildman–Crippen LogP) is 2.96. The topological polar surface area (TPSA) is 70.4 Å². The quantitative estimate of drug-likeness (QED) is 0.524. The Morgan fingerprint density at radius 3 is 2.72 bits per heavy atom. The summed E-state index contributed by atoms with van der Waals surface area (Å²) in [5.41, 5.74) is 0.276. The van der Waals surface area contributed by atoms with Crippen LogP contribution in [-0.4, -0.2) is 51.3 Å². The molecule has 0 bridgehead atoms. The minimum Gasteiger partial charge on any atom is -0.357 e. The van der Waals surface area contributed by atoms with Crippen LogP contribution < -0.4 is 10.6 Å². The predicted molar refractivity (Wildman–Crippen MR) is 116 cm³/mol. The number of likely N-dealkylation sites (tertiary alicyclic amines) is 1. The number of benzene rings is 1. The number of hydrogen-bond acceptors (Lipinski definition) is 4. The minimum absolute atomic E-state index is 0.231. The summed E-state index contributed by atoms with van der Waals surface area (Å²) >= 11 is 0. The maximum absolute atomic E-state index is 12.8. The van der Waals surface area contributed by atoms with Crippen LogP contribution in [0.4, 0.5) is 13.2 Å². The van der Waals surface area contributed by atoms with Crippen molar-refractivity contribution in [2.45, 2.75) is 64.5 Å². The van der Waals surface area contributed by atoms with Crippen molar-refractivity contribution >= 4 is 5.96 Å². The lowest BCUT2D eigenvalue weighted by atomic mass is 10.1. The number of guanidine groups is 1. The Morgan fingerprint density at radius 1 is 1.16 bits per heavy atom. The fourth-order valence-corrected chi connectivity index (χ4v) is 4.30. The Balaban J connectivity index is 1.31. The summed E-state index contributed by atoms with van der Waals surface area (Å²) in [4.78, 5) is 6.96. The first-order chi connectivity index (χ1) is 15.4. The first-order valence-electron chi connectivity index (χ1n) is 11.3. The van der Waals surface area contributed by atoms with Crippen molar-refractivity contribution in [3.8, 4) is 0 Å². The third-order valence-corrected chi connectivity index (χ3v) is 5.96. The van der Waals surface area contributed by atoms with E-state index in [-0.39, 0.29) is 6.04 Å². The van der Waals surface area contributed by atoms with Gasteiger partial charge in [0, 0.05) is 45.2 Å². The molecule has 1 saturated heterocycles. The Labute approximate surface area is 186 Å². The Kier molecular flexibility index (Phi) is 6.98. The van der Waals surface area contributed by atoms with Crippen molar-refractivity contribution in [1.82, 2.24) is 30.3 Å². The summed E-state index contributed by atoms with van der Waals surface area (Å²) in [5, 5.41) is 15.4. The summed E-state index contributed by atoms with van der Waals surface area (Å²) in [6.45, 7) is 6.55. The van der Waals surface area contributed by atoms with E-state index in [1.165, 1.54) is 0 Å². The molecule has 32 heavy (non-hydrogen) atoms. The van der Waals surface area contributed by atoms with Crippen LogP contribution in [0.2, 0.25) is 0 Å². The van der Waals surface area contributed by atoms with Crippen molar-refractivity contribution in [2.24, 2.45) is 4.99 Å². The van der Waals surface area contributed by atoms with E-state index in [4.69, 9.17) is 4.99 Å². The molecule has 3 heterocycles. The Bertz CT molecular complexity index is 921. The van der Waals surface area contributed by atoms with E-state index in [9.17, 15) is 13.2 Å². The molecule has 0 saturated carbocycles. The number of nitrogens with one attached hydrogen (secondary N) is 2. The number of alkyl halides is 3. The van der Waals surface area contributed by atoms with Crippen molar-refractivity contribution in [3.63, 3.8) is 0 Å². The first kappa shape index (κ1) is 22.6. The number of hydrogen-bond donors (Lipinski definition) is 2. The van der Waals surface area contributed by atoms with Gasteiger partial charge in [0.2, 0.25) is 0 Å². The van der Waals surface area contributed by atoms with E-state index in [1.54, 1.807) is 12.1 Å². The summed E-state index contributed by atoms with van der Waals surface area (Å²) in [6, 6.07) is 5.66. The lowest BCUT2D eigenvalue weighted by Gasteiger charge is -2.19. The molecule has 1 fully saturated rings. The van der Waals surface area contributed by atoms with Crippen LogP contribution in [0.3, 0.4) is 0 Å². The van der Waals surface area contributed by atoms with Gasteiger partial charge in [0.15, 0.2) is 11.8 Å². The van der Waals surface area contributed by atoms with Gasteiger partial charge in [0.1, 0.15) is 12.4 Å². The third kappa shape index (κ3) is 5.59. The van der Waals surface area contributed by atoms with E-state index in [0.717, 1.165) is 87.2 Å². The van der Waals surface area contributed by atoms with E-state index < -0.39 is 11.7 Å². The average Bonchev–Trinajstić information content (AvgIpc) is 3.38. The molecule has 2 aliphatic rings. The van der Waals surface area contributed by atoms with Gasteiger partial charge >= 0.3 is 6.18 Å². The molecule has 1 aromatic heterocycles. The molecule has 0 radical (unpaired) electrons. The number of rotatable bonds is 6. The standard InChI is InChI=1S/C22H30F3N7/c1-2-26-21(27-13-20-30-29-19-5-3-4-11-32(19)20)28-18-10-12-31(15-18)14-16-6-8-17(9-7-16)22(23,24)25/h6-9,18H,2-5,10-15H2,1H3,(H2,26,27,28). The van der Waals surface area contributed by atoms with Gasteiger partial charge in [0.25, 0.3) is 0 Å². The summed E-state index contributed by atoms with van der Waals surface area (Å²) in [7, 11) is 0. The van der Waals surface area contributed by atoms with E-state index in [2.05, 4.69) is 30.3 Å². The van der Waals surface area contributed by atoms with Crippen molar-refractivity contribution < 1.29 is 13.2 Å². The van der Waals surface area contributed by atoms with Gasteiger partial charge in [-0.25, -0.2) is 4.99 Å². The molecule has 0 spiro atoms. The van der Waals surface area contributed by atoms with Gasteiger partial charge in [-0.3, -0.25) is 4.90 Å². The maximum atomic E-state index is 12.8. The zero-order valence-electron chi connectivity index (χ0n) is 18.3. The zero-order chi connectivity index (χ0) is 22.6. The monoisotopic (exact) mass is 449 g/mol. The number of fused-ring (bicyclic) bond motifs is 1. The molecule has 7 nitrogen and oxygen atoms in total. The summed E-state index contributed by atoms with van der Waals surface area (Å²) in [5.74, 6) is 2.70. The molecule has 174 valence electrons. The normalized spacial score (nSPS) is 19.8. The lowest BCUT2D eigenvalue weighted by molar-refractivity contribution is -0.137. The van der Waals surface area contributed by atoms with E-state index in [1.807, 2.05) is 6.92 Å². The molecule has 2 N–H and O–H groups in total. The van der Waals surface area contributed by atoms with Crippen LogP contribution >= 0.6 is 0 Å². The minimum atomic E-state index is -4.30. The molecule has 1 unspecified atom stereocenters. The molecule has 10 heteroatoms. The van der Waals surface area contributed by atoms with Gasteiger partial charge in [-0.2, -0.15) is 13.2 Å². The van der Waals surface area contributed by atoms with Gasteiger partial charge in [-0.15, -0.1) is 10.2 Å². The fourth-order valence-electron chi connectivity index (χ4n) is 4.30. The highest BCUT2D eigenvalue weighted by Crippen LogP contribution is 2.29. The van der Waals surface area contributed by atoms with Crippen LogP contribution in [-0.2, 0) is 32.2 Å². The smallest absolute Gasteiger partial charge is 0.357 e. The molecule has 1 aromatic carbocycles. The largest absolute Gasteiger partial charge is 0.416 e. The summed E-state index contributed by atoms with van der Waals surface area (Å²) in [6.07, 6.45) is -0.0562. The lowest BCUT2D eigenvalue weighted by Crippen LogP contribution is -2.44. The van der Waals surface area contributed by atoms with Crippen LogP contribution in [0.15, 0.2) is 29.3 Å². The molecule has 0 aliphatic carbocycles. The van der Waals surface area contributed by atoms with Crippen LogP contribution in [0.25, 0.3) is 0 Å². The zero-order valence-corrected chi connectivity index (χ0v) is 18.3. The average molecular weight is 450 g/mol. The Hall–Kier alpha value is -2.62. The highest BCUT2D eigenvalue weighted by molar-refractivity contribution is 5.80. The van der Waals surface area contributed by atoms with Crippen molar-refractivity contribution in [2.75, 3.05) is 19.6 Å². The van der Waals surface area contributed by atoms with Gasteiger partial charge in [0.05, 0.1) is 5.56 Å². The van der Waals surface area contributed by atoms with Gasteiger partial charge in [-0.1, -0.05) is 12.1 Å². The van der Waals surface area contributed by atoms with Gasteiger partial charge < -0.3 is 15.2 Å². The second-order valence-corrected chi connectivity index (χ2v) is 8.40. The molecular formula is C22H30F3N7. The third-order valence-electron chi connectivity index (χ3n) is 5.96. The molecule has 2 aliphatic heterocycles. The molecule has 0 amide bonds. The number of aliphatic imine (C=N–C) groups is 1. The van der Waals surface area contributed by atoms with Crippen LogP contribution in [0, 0.1) is 0 Å². The highest BCUT2D eigenvalue weighted by atomic mass is 19.4. The number of aryl methyl sites for hydroxylation is 1. The first-order valence-corrected chi connectivity index (χ1v) is 11.3. The van der Waals surface area contributed by atoms with Gasteiger partial charge in [-0.05, 0) is 43.9 Å². The molecule has 4 rings (SSSR count). The van der Waals surface area contributed by atoms with Crippen molar-refractivity contribution in [3.05, 3.63) is 47.0 Å². The van der Waals surface area contributed by atoms with Crippen LogP contribution in [0.5, 0.6) is 0 Å². The molecular weight excluding hydrogens is 419 g/mol. The highest BCUT2D eigenvalue weighted by Gasteiger charge is 2.30. The number of nitrogens with zero attached hydrogens (tertiary/aromatic N) is 5. The fraction of sp³-hybridized carbons (Fsp3) is 0.591. The summed E-state index contributed by atoms with van der Waals surface area (Å²) < 4.78 is 40.4. The van der Waals surface area contributed by atoms with Crippen molar-refractivity contribution in [1.29, 1.82) is 0 Å². The second kappa shape index (κ2) is 9.89. The SMILES string of the molecule is CCNC(=NCc1nnc2n1CCCC2)NC1CCN(Cc2ccc(C(F)(F)F)cc2)C1. The maximum Gasteiger partial charge on any atom is 0.416 e. The van der Waals surface area contributed by atoms with Crippen LogP contribution in [0.1, 0.15) is 49.0 Å². The molecule has 2 aromatic rings.